The molecule has 5 nitrogen and oxygen atoms in total. The zero-order valence-electron chi connectivity index (χ0n) is 9.67. The normalized spacial score (nSPS) is 13.4. The first-order valence-corrected chi connectivity index (χ1v) is 4.95. The van der Waals surface area contributed by atoms with Gasteiger partial charge in [-0.1, -0.05) is 5.16 Å². The number of esters is 1. The second-order valence-electron chi connectivity index (χ2n) is 3.50. The van der Waals surface area contributed by atoms with Crippen molar-refractivity contribution in [2.24, 2.45) is 0 Å². The van der Waals surface area contributed by atoms with Gasteiger partial charge in [0.1, 0.15) is 0 Å². The lowest BCUT2D eigenvalue weighted by Crippen LogP contribution is -2.53. The third-order valence-corrected chi connectivity index (χ3v) is 2.17. The number of alkyl halides is 6. The van der Waals surface area contributed by atoms with Crippen LogP contribution >= 0.6 is 0 Å². The van der Waals surface area contributed by atoms with E-state index in [0.29, 0.717) is 0 Å². The summed E-state index contributed by atoms with van der Waals surface area (Å²) in [6.07, 6.45) is -12.2. The molecule has 11 heteroatoms. The van der Waals surface area contributed by atoms with Crippen LogP contribution in [0.4, 0.5) is 26.3 Å². The first kappa shape index (κ1) is 16.3. The van der Waals surface area contributed by atoms with Gasteiger partial charge in [-0.05, 0) is 6.92 Å². The predicted molar refractivity (Wildman–Crippen MR) is 48.5 cm³/mol. The third kappa shape index (κ3) is 2.57. The van der Waals surface area contributed by atoms with E-state index in [0.717, 1.165) is 0 Å². The number of hydrogen-bond donors (Lipinski definition) is 1. The Labute approximate surface area is 107 Å². The highest BCUT2D eigenvalue weighted by Crippen LogP contribution is 2.50. The standard InChI is InChI=1S/C9H7F6NO4/c1-2-19-6(17)4-3-5(20-16-4)7(18,8(10,11)12)9(13,14)15/h3,18H,2H2,1H3. The topological polar surface area (TPSA) is 72.6 Å². The second-order valence-corrected chi connectivity index (χ2v) is 3.50. The molecule has 1 aromatic rings. The van der Waals surface area contributed by atoms with Gasteiger partial charge in [0.2, 0.25) is 0 Å². The number of aromatic nitrogens is 1. The minimum atomic E-state index is -6.11. The van der Waals surface area contributed by atoms with Crippen LogP contribution in [-0.2, 0) is 10.3 Å². The Hall–Kier alpha value is -1.78. The van der Waals surface area contributed by atoms with E-state index in [1.165, 1.54) is 6.92 Å². The van der Waals surface area contributed by atoms with Crippen LogP contribution in [0.1, 0.15) is 23.2 Å². The molecule has 1 rings (SSSR count). The van der Waals surface area contributed by atoms with Gasteiger partial charge in [0.15, 0.2) is 11.5 Å². The van der Waals surface area contributed by atoms with Crippen molar-refractivity contribution in [1.29, 1.82) is 0 Å². The molecule has 0 aromatic carbocycles. The summed E-state index contributed by atoms with van der Waals surface area (Å²) in [5.41, 5.74) is -6.19. The molecular formula is C9H7F6NO4. The van der Waals surface area contributed by atoms with Crippen molar-refractivity contribution < 1.29 is 45.5 Å². The van der Waals surface area contributed by atoms with E-state index in [-0.39, 0.29) is 12.7 Å². The van der Waals surface area contributed by atoms with Crippen molar-refractivity contribution in [3.63, 3.8) is 0 Å². The zero-order valence-corrected chi connectivity index (χ0v) is 9.67. The quantitative estimate of drug-likeness (QED) is 0.684. The summed E-state index contributed by atoms with van der Waals surface area (Å²) in [6, 6.07) is 0.0268. The van der Waals surface area contributed by atoms with Crippen LogP contribution < -0.4 is 0 Å². The molecule has 20 heavy (non-hydrogen) atoms. The summed E-state index contributed by atoms with van der Waals surface area (Å²) in [5.74, 6) is -3.25. The van der Waals surface area contributed by atoms with Gasteiger partial charge in [-0.3, -0.25) is 0 Å². The number of aliphatic hydroxyl groups is 1. The smallest absolute Gasteiger partial charge is 0.433 e. The fraction of sp³-hybridized carbons (Fsp3) is 0.556. The first-order chi connectivity index (χ1) is 8.95. The molecule has 1 heterocycles. The van der Waals surface area contributed by atoms with Crippen LogP contribution in [-0.4, -0.2) is 35.2 Å². The third-order valence-electron chi connectivity index (χ3n) is 2.17. The number of carbonyl (C=O) groups is 1. The van der Waals surface area contributed by atoms with Gasteiger partial charge in [-0.2, -0.15) is 26.3 Å². The Kier molecular flexibility index (Phi) is 4.04. The predicted octanol–water partition coefficient (Wildman–Crippen LogP) is 2.16. The number of ether oxygens (including phenoxy) is 1. The molecule has 0 amide bonds. The molecule has 0 aliphatic heterocycles. The summed E-state index contributed by atoms with van der Waals surface area (Å²) in [7, 11) is 0. The van der Waals surface area contributed by atoms with Crippen molar-refractivity contribution in [2.75, 3.05) is 6.61 Å². The molecule has 0 saturated carbocycles. The number of halogens is 6. The molecule has 0 spiro atoms. The summed E-state index contributed by atoms with van der Waals surface area (Å²) >= 11 is 0. The van der Waals surface area contributed by atoms with Gasteiger partial charge >= 0.3 is 23.9 Å². The molecule has 0 atom stereocenters. The summed E-state index contributed by atoms with van der Waals surface area (Å²) in [4.78, 5) is 11.1. The van der Waals surface area contributed by atoms with Crippen LogP contribution in [0, 0.1) is 0 Å². The van der Waals surface area contributed by atoms with Gasteiger partial charge in [-0.15, -0.1) is 0 Å². The van der Waals surface area contributed by atoms with E-state index in [1.807, 2.05) is 0 Å². The Bertz CT molecular complexity index is 477. The van der Waals surface area contributed by atoms with Crippen molar-refractivity contribution in [3.05, 3.63) is 17.5 Å². The molecule has 0 fully saturated rings. The SMILES string of the molecule is CCOC(=O)c1cc(C(O)(C(F)(F)F)C(F)(F)F)on1. The average molecular weight is 307 g/mol. The molecule has 0 aliphatic rings. The minimum Gasteiger partial charge on any atom is -0.461 e. The van der Waals surface area contributed by atoms with E-state index in [2.05, 4.69) is 14.4 Å². The van der Waals surface area contributed by atoms with E-state index < -0.39 is 35.4 Å². The maximum absolute atomic E-state index is 12.5. The highest BCUT2D eigenvalue weighted by molar-refractivity contribution is 5.87. The largest absolute Gasteiger partial charge is 0.461 e. The Morgan fingerprint density at radius 1 is 1.30 bits per heavy atom. The molecule has 0 aliphatic carbocycles. The highest BCUT2D eigenvalue weighted by atomic mass is 19.4. The molecule has 0 radical (unpaired) electrons. The molecular weight excluding hydrogens is 300 g/mol. The minimum absolute atomic E-state index is 0.0268. The lowest BCUT2D eigenvalue weighted by Gasteiger charge is -2.29. The molecule has 0 bridgehead atoms. The van der Waals surface area contributed by atoms with Gasteiger partial charge < -0.3 is 14.4 Å². The van der Waals surface area contributed by atoms with Crippen LogP contribution in [0.25, 0.3) is 0 Å². The van der Waals surface area contributed by atoms with Crippen LogP contribution in [0.5, 0.6) is 0 Å². The molecule has 1 N–H and O–H groups in total. The number of nitrogens with zero attached hydrogens (tertiary/aromatic N) is 1. The fourth-order valence-corrected chi connectivity index (χ4v) is 1.19. The van der Waals surface area contributed by atoms with Crippen molar-refractivity contribution in [1.82, 2.24) is 5.16 Å². The van der Waals surface area contributed by atoms with Crippen molar-refractivity contribution in [2.45, 2.75) is 24.9 Å². The number of carbonyl (C=O) groups excluding carboxylic acids is 1. The van der Waals surface area contributed by atoms with Crippen LogP contribution in [0.2, 0.25) is 0 Å². The van der Waals surface area contributed by atoms with Crippen molar-refractivity contribution >= 4 is 5.97 Å². The van der Waals surface area contributed by atoms with E-state index in [4.69, 9.17) is 5.11 Å². The maximum atomic E-state index is 12.5. The van der Waals surface area contributed by atoms with E-state index in [1.54, 1.807) is 0 Å². The van der Waals surface area contributed by atoms with Gasteiger partial charge in [-0.25, -0.2) is 4.79 Å². The second kappa shape index (κ2) is 4.96. The summed E-state index contributed by atoms with van der Waals surface area (Å²) in [6.45, 7) is 1.19. The lowest BCUT2D eigenvalue weighted by molar-refractivity contribution is -0.381. The summed E-state index contributed by atoms with van der Waals surface area (Å²) in [5, 5.41) is 11.7. The molecule has 114 valence electrons. The summed E-state index contributed by atoms with van der Waals surface area (Å²) < 4.78 is 83.0. The van der Waals surface area contributed by atoms with Crippen LogP contribution in [0.15, 0.2) is 10.6 Å². The number of hydrogen-bond acceptors (Lipinski definition) is 5. The Balaban J connectivity index is 3.29. The maximum Gasteiger partial charge on any atom is 0.433 e. The zero-order chi connectivity index (χ0) is 15.8. The average Bonchev–Trinajstić information content (AvgIpc) is 2.74. The Morgan fingerprint density at radius 2 is 1.80 bits per heavy atom. The fourth-order valence-electron chi connectivity index (χ4n) is 1.19. The number of rotatable bonds is 3. The molecule has 0 unspecified atom stereocenters. The Morgan fingerprint density at radius 3 is 2.20 bits per heavy atom. The van der Waals surface area contributed by atoms with Gasteiger partial charge in [0, 0.05) is 6.07 Å². The monoisotopic (exact) mass is 307 g/mol. The highest BCUT2D eigenvalue weighted by Gasteiger charge is 2.74. The lowest BCUT2D eigenvalue weighted by atomic mass is 9.99. The molecule has 1 aromatic heterocycles. The van der Waals surface area contributed by atoms with Gasteiger partial charge in [0.05, 0.1) is 6.61 Å². The van der Waals surface area contributed by atoms with E-state index in [9.17, 15) is 31.1 Å². The first-order valence-electron chi connectivity index (χ1n) is 4.95. The van der Waals surface area contributed by atoms with E-state index >= 15 is 0 Å². The molecule has 0 saturated heterocycles. The van der Waals surface area contributed by atoms with Crippen LogP contribution in [0.3, 0.4) is 0 Å². The van der Waals surface area contributed by atoms with Crippen molar-refractivity contribution in [3.8, 4) is 0 Å². The van der Waals surface area contributed by atoms with Gasteiger partial charge in [0.25, 0.3) is 0 Å².